The van der Waals surface area contributed by atoms with E-state index in [0.717, 1.165) is 18.4 Å². The van der Waals surface area contributed by atoms with Crippen LogP contribution in [0.25, 0.3) is 0 Å². The van der Waals surface area contributed by atoms with Crippen molar-refractivity contribution in [1.82, 2.24) is 0 Å². The summed E-state index contributed by atoms with van der Waals surface area (Å²) in [6, 6.07) is 6.87. The first-order valence-electron chi connectivity index (χ1n) is 7.51. The van der Waals surface area contributed by atoms with Gasteiger partial charge in [-0.25, -0.2) is 0 Å². The number of halogens is 1. The van der Waals surface area contributed by atoms with Gasteiger partial charge in [-0.1, -0.05) is 63.6 Å². The summed E-state index contributed by atoms with van der Waals surface area (Å²) in [6.07, 6.45) is 8.96. The molecule has 0 heterocycles. The van der Waals surface area contributed by atoms with Gasteiger partial charge in [-0.3, -0.25) is 10.1 Å². The second kappa shape index (κ2) is 9.76. The zero-order chi connectivity index (χ0) is 14.8. The number of hydrogen-bond acceptors (Lipinski definition) is 2. The first-order chi connectivity index (χ1) is 9.65. The van der Waals surface area contributed by atoms with Gasteiger partial charge in [0.15, 0.2) is 0 Å². The molecule has 0 aliphatic heterocycles. The third-order valence-corrected chi connectivity index (χ3v) is 3.87. The summed E-state index contributed by atoms with van der Waals surface area (Å²) in [5.41, 5.74) is 0.921. The Morgan fingerprint density at radius 1 is 1.15 bits per heavy atom. The number of unbranched alkanes of at least 4 members (excludes halogenated alkanes) is 5. The fraction of sp³-hybridized carbons (Fsp3) is 0.625. The molecule has 1 aromatic carbocycles. The summed E-state index contributed by atoms with van der Waals surface area (Å²) in [6.45, 7) is 2.21. The van der Waals surface area contributed by atoms with E-state index in [9.17, 15) is 10.1 Å². The van der Waals surface area contributed by atoms with E-state index in [1.165, 1.54) is 32.1 Å². The molecule has 4 heteroatoms. The van der Waals surface area contributed by atoms with E-state index in [1.54, 1.807) is 18.2 Å². The first-order valence-corrected chi connectivity index (χ1v) is 7.95. The monoisotopic (exact) mass is 297 g/mol. The van der Waals surface area contributed by atoms with Crippen LogP contribution in [-0.4, -0.2) is 10.3 Å². The molecule has 1 rings (SSSR count). The number of benzene rings is 1. The summed E-state index contributed by atoms with van der Waals surface area (Å²) in [5, 5.41) is 10.9. The molecular weight excluding hydrogens is 274 g/mol. The van der Waals surface area contributed by atoms with E-state index in [-0.39, 0.29) is 16.0 Å². The van der Waals surface area contributed by atoms with Crippen LogP contribution < -0.4 is 0 Å². The number of para-hydroxylation sites is 1. The van der Waals surface area contributed by atoms with Crippen molar-refractivity contribution in [3.8, 4) is 0 Å². The molecule has 0 radical (unpaired) electrons. The molecule has 0 N–H and O–H groups in total. The Bertz CT molecular complexity index is 409. The Labute approximate surface area is 126 Å². The van der Waals surface area contributed by atoms with Crippen molar-refractivity contribution in [3.63, 3.8) is 0 Å². The van der Waals surface area contributed by atoms with Crippen LogP contribution in [0.3, 0.4) is 0 Å². The minimum Gasteiger partial charge on any atom is -0.258 e. The number of nitro groups is 1. The Balaban J connectivity index is 2.32. The number of alkyl halides is 1. The van der Waals surface area contributed by atoms with Gasteiger partial charge in [-0.2, -0.15) is 0 Å². The van der Waals surface area contributed by atoms with Crippen molar-refractivity contribution in [2.75, 3.05) is 0 Å². The Kier molecular flexibility index (Phi) is 8.28. The molecule has 0 bridgehead atoms. The van der Waals surface area contributed by atoms with E-state index in [2.05, 4.69) is 6.92 Å². The van der Waals surface area contributed by atoms with Gasteiger partial charge in [-0.15, -0.1) is 11.6 Å². The van der Waals surface area contributed by atoms with Crippen molar-refractivity contribution >= 4 is 17.3 Å². The molecule has 0 fully saturated rings. The Morgan fingerprint density at radius 2 is 1.80 bits per heavy atom. The highest BCUT2D eigenvalue weighted by Crippen LogP contribution is 2.23. The van der Waals surface area contributed by atoms with Crippen LogP contribution in [0, 0.1) is 10.1 Å². The largest absolute Gasteiger partial charge is 0.272 e. The lowest BCUT2D eigenvalue weighted by Crippen LogP contribution is -2.05. The Hall–Kier alpha value is -1.09. The third-order valence-electron chi connectivity index (χ3n) is 3.50. The van der Waals surface area contributed by atoms with Crippen LogP contribution in [0.5, 0.6) is 0 Å². The normalized spacial score (nSPS) is 12.3. The first kappa shape index (κ1) is 17.0. The molecule has 3 nitrogen and oxygen atoms in total. The molecular formula is C16H24ClNO2. The molecule has 1 unspecified atom stereocenters. The summed E-state index contributed by atoms with van der Waals surface area (Å²) in [5.74, 6) is 0. The lowest BCUT2D eigenvalue weighted by Gasteiger charge is -2.09. The van der Waals surface area contributed by atoms with Crippen LogP contribution in [0.1, 0.15) is 57.4 Å². The summed E-state index contributed by atoms with van der Waals surface area (Å²) in [7, 11) is 0. The smallest absolute Gasteiger partial charge is 0.258 e. The van der Waals surface area contributed by atoms with Crippen molar-refractivity contribution in [3.05, 3.63) is 39.9 Å². The second-order valence-corrected chi connectivity index (χ2v) is 5.86. The highest BCUT2D eigenvalue weighted by molar-refractivity contribution is 6.20. The zero-order valence-electron chi connectivity index (χ0n) is 12.2. The third kappa shape index (κ3) is 6.38. The maximum absolute atomic E-state index is 10.9. The molecule has 0 spiro atoms. The SMILES string of the molecule is CCCCCCCCC(Cl)Cc1ccccc1[N+](=O)[O-]. The van der Waals surface area contributed by atoms with Crippen molar-refractivity contribution in [1.29, 1.82) is 0 Å². The molecule has 0 aromatic heterocycles. The molecule has 20 heavy (non-hydrogen) atoms. The van der Waals surface area contributed by atoms with Crippen molar-refractivity contribution < 1.29 is 4.92 Å². The fourth-order valence-corrected chi connectivity index (χ4v) is 2.67. The lowest BCUT2D eigenvalue weighted by atomic mass is 10.0. The van der Waals surface area contributed by atoms with E-state index in [4.69, 9.17) is 11.6 Å². The molecule has 0 saturated heterocycles. The van der Waals surface area contributed by atoms with Crippen molar-refractivity contribution in [2.45, 2.75) is 63.7 Å². The predicted octanol–water partition coefficient (Wildman–Crippen LogP) is 5.50. The van der Waals surface area contributed by atoms with E-state index in [0.29, 0.717) is 6.42 Å². The molecule has 0 aliphatic carbocycles. The Morgan fingerprint density at radius 3 is 2.50 bits per heavy atom. The summed E-state index contributed by atoms with van der Waals surface area (Å²) >= 11 is 6.31. The standard InChI is InChI=1S/C16H24ClNO2/c1-2-3-4-5-6-7-11-15(17)13-14-10-8-9-12-16(14)18(19)20/h8-10,12,15H,2-7,11,13H2,1H3. The van der Waals surface area contributed by atoms with Crippen LogP contribution in [-0.2, 0) is 6.42 Å². The van der Waals surface area contributed by atoms with Gasteiger partial charge in [-0.05, 0) is 12.8 Å². The summed E-state index contributed by atoms with van der Waals surface area (Å²) < 4.78 is 0. The topological polar surface area (TPSA) is 43.1 Å². The van der Waals surface area contributed by atoms with Gasteiger partial charge >= 0.3 is 0 Å². The van der Waals surface area contributed by atoms with Crippen LogP contribution >= 0.6 is 11.6 Å². The van der Waals surface area contributed by atoms with Crippen LogP contribution in [0.4, 0.5) is 5.69 Å². The quantitative estimate of drug-likeness (QED) is 0.248. The average molecular weight is 298 g/mol. The molecule has 1 aromatic rings. The van der Waals surface area contributed by atoms with Gasteiger partial charge in [0.05, 0.1) is 4.92 Å². The van der Waals surface area contributed by atoms with Gasteiger partial charge < -0.3 is 0 Å². The van der Waals surface area contributed by atoms with Crippen LogP contribution in [0.15, 0.2) is 24.3 Å². The van der Waals surface area contributed by atoms with Crippen LogP contribution in [0.2, 0.25) is 0 Å². The van der Waals surface area contributed by atoms with Gasteiger partial charge in [0.2, 0.25) is 0 Å². The number of nitrogens with zero attached hydrogens (tertiary/aromatic N) is 1. The minimum atomic E-state index is -0.330. The highest BCUT2D eigenvalue weighted by atomic mass is 35.5. The van der Waals surface area contributed by atoms with E-state index >= 15 is 0 Å². The second-order valence-electron chi connectivity index (χ2n) is 5.24. The molecule has 0 saturated carbocycles. The van der Waals surface area contributed by atoms with Gasteiger partial charge in [0.1, 0.15) is 0 Å². The zero-order valence-corrected chi connectivity index (χ0v) is 12.9. The van der Waals surface area contributed by atoms with Gasteiger partial charge in [0, 0.05) is 17.0 Å². The van der Waals surface area contributed by atoms with E-state index in [1.807, 2.05) is 6.07 Å². The number of nitro benzene ring substituents is 1. The van der Waals surface area contributed by atoms with Gasteiger partial charge in [0.25, 0.3) is 5.69 Å². The molecule has 1 atom stereocenters. The maximum atomic E-state index is 10.9. The minimum absolute atomic E-state index is 0.0118. The summed E-state index contributed by atoms with van der Waals surface area (Å²) in [4.78, 5) is 10.6. The lowest BCUT2D eigenvalue weighted by molar-refractivity contribution is -0.385. The maximum Gasteiger partial charge on any atom is 0.272 e. The fourth-order valence-electron chi connectivity index (χ4n) is 2.35. The highest BCUT2D eigenvalue weighted by Gasteiger charge is 2.15. The van der Waals surface area contributed by atoms with E-state index < -0.39 is 0 Å². The molecule has 112 valence electrons. The number of hydrogen-bond donors (Lipinski definition) is 0. The predicted molar refractivity (Wildman–Crippen MR) is 84.4 cm³/mol. The number of rotatable bonds is 10. The average Bonchev–Trinajstić information content (AvgIpc) is 2.43. The molecule has 0 aliphatic rings. The van der Waals surface area contributed by atoms with Crippen molar-refractivity contribution in [2.24, 2.45) is 0 Å². The molecule has 0 amide bonds.